The Labute approximate surface area is 178 Å². The van der Waals surface area contributed by atoms with Crippen LogP contribution in [0.3, 0.4) is 0 Å². The van der Waals surface area contributed by atoms with Crippen LogP contribution in [-0.4, -0.2) is 16.8 Å². The molecule has 0 bridgehead atoms. The van der Waals surface area contributed by atoms with Crippen molar-refractivity contribution in [3.63, 3.8) is 0 Å². The standard InChI is InChI=1S/C13H20.C5H12.C4H8O2.2C2H6/c1-5-13(3,4)11(2)12-9-7-6-8-10-12;1-5(2,3)4;1-4(6)2-3-5;2*1-2/h6-11H,5H2,1-4H3;1-4H3;2,5-6H,3H2,1H3;2*1-2H3/b;;4-2+;;. The van der Waals surface area contributed by atoms with E-state index in [1.54, 1.807) is 0 Å². The van der Waals surface area contributed by atoms with Crippen LogP contribution in [-0.2, 0) is 0 Å². The van der Waals surface area contributed by atoms with Crippen molar-refractivity contribution in [3.05, 3.63) is 47.7 Å². The molecule has 0 aliphatic heterocycles. The summed E-state index contributed by atoms with van der Waals surface area (Å²) in [4.78, 5) is 0. The van der Waals surface area contributed by atoms with Crippen molar-refractivity contribution in [2.24, 2.45) is 10.8 Å². The van der Waals surface area contributed by atoms with Crippen molar-refractivity contribution in [1.29, 1.82) is 0 Å². The molecule has 0 heterocycles. The average molecular weight is 397 g/mol. The lowest BCUT2D eigenvalue weighted by Crippen LogP contribution is -2.18. The second-order valence-corrected chi connectivity index (χ2v) is 8.50. The van der Waals surface area contributed by atoms with Gasteiger partial charge in [-0.25, -0.2) is 0 Å². The van der Waals surface area contributed by atoms with Crippen LogP contribution in [0.4, 0.5) is 0 Å². The lowest BCUT2D eigenvalue weighted by Gasteiger charge is -2.31. The molecule has 2 nitrogen and oxygen atoms in total. The molecule has 1 atom stereocenters. The van der Waals surface area contributed by atoms with E-state index in [1.807, 2.05) is 27.7 Å². The number of hydrogen-bond acceptors (Lipinski definition) is 2. The fraction of sp³-hybridized carbons (Fsp3) is 0.692. The van der Waals surface area contributed by atoms with E-state index in [-0.39, 0.29) is 12.4 Å². The fourth-order valence-corrected chi connectivity index (χ4v) is 1.63. The summed E-state index contributed by atoms with van der Waals surface area (Å²) in [6.45, 7) is 27.4. The zero-order chi connectivity index (χ0) is 23.4. The first-order valence-corrected chi connectivity index (χ1v) is 10.9. The van der Waals surface area contributed by atoms with Crippen molar-refractivity contribution >= 4 is 0 Å². The minimum Gasteiger partial charge on any atom is -0.513 e. The van der Waals surface area contributed by atoms with Gasteiger partial charge in [-0.1, -0.05) is 120 Å². The predicted octanol–water partition coefficient (Wildman–Crippen LogP) is 8.77. The highest BCUT2D eigenvalue weighted by Crippen LogP contribution is 2.37. The number of aliphatic hydroxyl groups excluding tert-OH is 2. The van der Waals surface area contributed by atoms with E-state index in [4.69, 9.17) is 10.2 Å². The van der Waals surface area contributed by atoms with E-state index >= 15 is 0 Å². The van der Waals surface area contributed by atoms with Gasteiger partial charge in [0.1, 0.15) is 0 Å². The molecular weight excluding hydrogens is 344 g/mol. The fourth-order valence-electron chi connectivity index (χ4n) is 1.63. The number of benzene rings is 1. The monoisotopic (exact) mass is 396 g/mol. The minimum atomic E-state index is -0.0810. The Hall–Kier alpha value is -1.28. The Balaban J connectivity index is -0.000000161. The van der Waals surface area contributed by atoms with Crippen molar-refractivity contribution in [2.45, 2.75) is 102 Å². The molecule has 0 saturated heterocycles. The first kappa shape index (κ1) is 34.2. The molecule has 0 aliphatic carbocycles. The average Bonchev–Trinajstić information content (AvgIpc) is 2.64. The molecule has 2 N–H and O–H groups in total. The Morgan fingerprint density at radius 2 is 1.29 bits per heavy atom. The van der Waals surface area contributed by atoms with Crippen molar-refractivity contribution < 1.29 is 10.2 Å². The molecule has 168 valence electrons. The van der Waals surface area contributed by atoms with Crippen molar-refractivity contribution in [2.75, 3.05) is 6.61 Å². The Bertz CT molecular complexity index is 429. The van der Waals surface area contributed by atoms with E-state index in [9.17, 15) is 0 Å². The highest BCUT2D eigenvalue weighted by atomic mass is 16.3. The van der Waals surface area contributed by atoms with Gasteiger partial charge >= 0.3 is 0 Å². The van der Waals surface area contributed by atoms with Crippen LogP contribution >= 0.6 is 0 Å². The molecule has 0 aromatic heterocycles. The topological polar surface area (TPSA) is 40.5 Å². The molecule has 0 fully saturated rings. The van der Waals surface area contributed by atoms with Gasteiger partial charge in [0.05, 0.1) is 12.4 Å². The third kappa shape index (κ3) is 26.9. The Morgan fingerprint density at radius 1 is 0.929 bits per heavy atom. The van der Waals surface area contributed by atoms with Crippen LogP contribution in [0.25, 0.3) is 0 Å². The number of aliphatic hydroxyl groups is 2. The molecule has 1 rings (SSSR count). The summed E-state index contributed by atoms with van der Waals surface area (Å²) >= 11 is 0. The second-order valence-electron chi connectivity index (χ2n) is 8.50. The van der Waals surface area contributed by atoms with Crippen molar-refractivity contribution in [1.82, 2.24) is 0 Å². The van der Waals surface area contributed by atoms with E-state index in [2.05, 4.69) is 85.7 Å². The van der Waals surface area contributed by atoms with Gasteiger partial charge in [-0.3, -0.25) is 0 Å². The third-order valence-electron chi connectivity index (χ3n) is 3.77. The van der Waals surface area contributed by atoms with Gasteiger partial charge in [-0.05, 0) is 35.3 Å². The van der Waals surface area contributed by atoms with Gasteiger partial charge in [-0.15, -0.1) is 0 Å². The maximum atomic E-state index is 8.25. The normalized spacial score (nSPS) is 11.7. The predicted molar refractivity (Wildman–Crippen MR) is 130 cm³/mol. The third-order valence-corrected chi connectivity index (χ3v) is 3.77. The van der Waals surface area contributed by atoms with Gasteiger partial charge in [0.25, 0.3) is 0 Å². The summed E-state index contributed by atoms with van der Waals surface area (Å²) in [5.41, 5.74) is 2.36. The highest BCUT2D eigenvalue weighted by molar-refractivity contribution is 5.20. The Kier molecular flexibility index (Phi) is 25.0. The van der Waals surface area contributed by atoms with Crippen molar-refractivity contribution in [3.8, 4) is 0 Å². The minimum absolute atomic E-state index is 0.0810. The molecule has 28 heavy (non-hydrogen) atoms. The smallest absolute Gasteiger partial charge is 0.0874 e. The summed E-state index contributed by atoms with van der Waals surface area (Å²) in [5, 5.41) is 16.3. The SMILES string of the molecule is C/C(O)=C\CO.CC.CC.CC(C)(C)C.CCC(C)(C)C(C)c1ccccc1. The van der Waals surface area contributed by atoms with E-state index < -0.39 is 0 Å². The first-order chi connectivity index (χ1) is 12.8. The molecule has 2 heteroatoms. The molecule has 1 unspecified atom stereocenters. The lowest BCUT2D eigenvalue weighted by atomic mass is 9.74. The van der Waals surface area contributed by atoms with E-state index in [0.717, 1.165) is 0 Å². The van der Waals surface area contributed by atoms with Crippen LogP contribution in [0.5, 0.6) is 0 Å². The molecule has 0 radical (unpaired) electrons. The summed E-state index contributed by atoms with van der Waals surface area (Å²) in [7, 11) is 0. The van der Waals surface area contributed by atoms with Gasteiger partial charge in [0.15, 0.2) is 0 Å². The summed E-state index contributed by atoms with van der Waals surface area (Å²) < 4.78 is 0. The number of rotatable bonds is 4. The molecule has 0 aliphatic rings. The van der Waals surface area contributed by atoms with Crippen LogP contribution < -0.4 is 0 Å². The number of allylic oxidation sites excluding steroid dienone is 1. The Morgan fingerprint density at radius 3 is 1.50 bits per heavy atom. The zero-order valence-electron chi connectivity index (χ0n) is 21.4. The van der Waals surface area contributed by atoms with E-state index in [0.29, 0.717) is 16.7 Å². The maximum Gasteiger partial charge on any atom is 0.0874 e. The molecular formula is C26H52O2. The van der Waals surface area contributed by atoms with Gasteiger partial charge in [-0.2, -0.15) is 0 Å². The molecule has 1 aromatic carbocycles. The van der Waals surface area contributed by atoms with Gasteiger partial charge in [0.2, 0.25) is 0 Å². The molecule has 1 aromatic rings. The molecule has 0 amide bonds. The molecule has 0 saturated carbocycles. The lowest BCUT2D eigenvalue weighted by molar-refractivity contribution is 0.289. The zero-order valence-corrected chi connectivity index (χ0v) is 21.4. The summed E-state index contributed by atoms with van der Waals surface area (Å²) in [6.07, 6.45) is 2.54. The van der Waals surface area contributed by atoms with Gasteiger partial charge < -0.3 is 10.2 Å². The van der Waals surface area contributed by atoms with E-state index in [1.165, 1.54) is 25.0 Å². The molecule has 0 spiro atoms. The second kappa shape index (κ2) is 20.5. The first-order valence-electron chi connectivity index (χ1n) is 10.9. The summed E-state index contributed by atoms with van der Waals surface area (Å²) in [6, 6.07) is 10.8. The van der Waals surface area contributed by atoms with Crippen LogP contribution in [0.1, 0.15) is 108 Å². The van der Waals surface area contributed by atoms with Crippen LogP contribution in [0.15, 0.2) is 42.2 Å². The summed E-state index contributed by atoms with van der Waals surface area (Å²) in [5.74, 6) is 0.802. The van der Waals surface area contributed by atoms with Crippen LogP contribution in [0.2, 0.25) is 0 Å². The van der Waals surface area contributed by atoms with Gasteiger partial charge in [0, 0.05) is 0 Å². The number of hydrogen-bond donors (Lipinski definition) is 2. The largest absolute Gasteiger partial charge is 0.513 e. The quantitative estimate of drug-likeness (QED) is 0.499. The van der Waals surface area contributed by atoms with Crippen LogP contribution in [0, 0.1) is 10.8 Å². The maximum absolute atomic E-state index is 8.25. The highest BCUT2D eigenvalue weighted by Gasteiger charge is 2.24.